The Kier molecular flexibility index (Phi) is 6.48. The van der Waals surface area contributed by atoms with Crippen LogP contribution in [0, 0.1) is 0 Å². The number of aromatic amines is 1. The SMILES string of the molecule is CS(=O)(=O)c1ccc(Cl)c(NC(=O)CSc2n[nH]c(=O)n2C[C@H]2CCCO2)c1. The van der Waals surface area contributed by atoms with E-state index in [0.29, 0.717) is 18.3 Å². The van der Waals surface area contributed by atoms with E-state index in [4.69, 9.17) is 16.3 Å². The first-order valence-electron chi connectivity index (χ1n) is 8.43. The van der Waals surface area contributed by atoms with Crippen molar-refractivity contribution < 1.29 is 17.9 Å². The summed E-state index contributed by atoms with van der Waals surface area (Å²) in [5.41, 5.74) is -0.156. The van der Waals surface area contributed by atoms with E-state index in [1.165, 1.54) is 22.8 Å². The standard InChI is InChI=1S/C16H19ClN4O5S2/c1-28(24,25)11-4-5-12(17)13(7-11)18-14(22)9-27-16-20-19-15(23)21(16)8-10-3-2-6-26-10/h4-5,7,10H,2-3,6,8-9H2,1H3,(H,18,22)(H,19,23)/t10-/m1/s1. The minimum absolute atomic E-state index is 0.0325. The first-order chi connectivity index (χ1) is 13.2. The van der Waals surface area contributed by atoms with Gasteiger partial charge in [-0.2, -0.15) is 0 Å². The molecule has 1 amide bonds. The molecule has 0 aliphatic carbocycles. The van der Waals surface area contributed by atoms with Crippen LogP contribution in [-0.2, 0) is 25.9 Å². The summed E-state index contributed by atoms with van der Waals surface area (Å²) in [5, 5.41) is 9.52. The third-order valence-corrected chi connectivity index (χ3v) is 6.52. The lowest BCUT2D eigenvalue weighted by Gasteiger charge is -2.11. The summed E-state index contributed by atoms with van der Waals surface area (Å²) in [7, 11) is -3.43. The number of benzene rings is 1. The maximum atomic E-state index is 12.3. The van der Waals surface area contributed by atoms with Gasteiger partial charge in [0.15, 0.2) is 15.0 Å². The lowest BCUT2D eigenvalue weighted by molar-refractivity contribution is -0.113. The predicted molar refractivity (Wildman–Crippen MR) is 106 cm³/mol. The Morgan fingerprint density at radius 2 is 2.29 bits per heavy atom. The summed E-state index contributed by atoms with van der Waals surface area (Å²) in [4.78, 5) is 24.3. The van der Waals surface area contributed by atoms with Gasteiger partial charge < -0.3 is 10.1 Å². The molecule has 0 unspecified atom stereocenters. The van der Waals surface area contributed by atoms with E-state index in [0.717, 1.165) is 30.9 Å². The number of hydrogen-bond acceptors (Lipinski definition) is 7. The maximum Gasteiger partial charge on any atom is 0.344 e. The first-order valence-corrected chi connectivity index (χ1v) is 11.7. The normalized spacial score (nSPS) is 17.0. The van der Waals surface area contributed by atoms with Crippen molar-refractivity contribution in [2.75, 3.05) is 23.9 Å². The summed E-state index contributed by atoms with van der Waals surface area (Å²) in [6, 6.07) is 4.09. The molecule has 2 N–H and O–H groups in total. The molecule has 1 atom stereocenters. The number of halogens is 1. The number of carbonyl (C=O) groups is 1. The Balaban J connectivity index is 1.65. The number of carbonyl (C=O) groups excluding carboxylic acids is 1. The Morgan fingerprint density at radius 3 is 2.96 bits per heavy atom. The van der Waals surface area contributed by atoms with Crippen molar-refractivity contribution in [2.45, 2.75) is 35.5 Å². The van der Waals surface area contributed by atoms with Gasteiger partial charge in [-0.25, -0.2) is 18.3 Å². The molecule has 152 valence electrons. The van der Waals surface area contributed by atoms with Crippen molar-refractivity contribution in [1.29, 1.82) is 0 Å². The predicted octanol–water partition coefficient (Wildman–Crippen LogP) is 1.54. The van der Waals surface area contributed by atoms with Crippen LogP contribution in [0.3, 0.4) is 0 Å². The number of nitrogens with one attached hydrogen (secondary N) is 2. The molecule has 1 aromatic carbocycles. The first kappa shape index (κ1) is 20.9. The van der Waals surface area contributed by atoms with Crippen molar-refractivity contribution in [2.24, 2.45) is 0 Å². The molecule has 0 saturated carbocycles. The fourth-order valence-corrected chi connectivity index (χ4v) is 4.28. The Bertz CT molecular complexity index is 1030. The topological polar surface area (TPSA) is 123 Å². The summed E-state index contributed by atoms with van der Waals surface area (Å²) in [6.07, 6.45) is 2.86. The van der Waals surface area contributed by atoms with Gasteiger partial charge in [0, 0.05) is 12.9 Å². The molecule has 0 spiro atoms. The third-order valence-electron chi connectivity index (χ3n) is 4.11. The number of sulfone groups is 1. The number of nitrogens with zero attached hydrogens (tertiary/aromatic N) is 2. The Morgan fingerprint density at radius 1 is 1.50 bits per heavy atom. The van der Waals surface area contributed by atoms with Crippen LogP contribution in [0.4, 0.5) is 5.69 Å². The average Bonchev–Trinajstić information content (AvgIpc) is 3.25. The van der Waals surface area contributed by atoms with E-state index >= 15 is 0 Å². The van der Waals surface area contributed by atoms with Gasteiger partial charge in [-0.1, -0.05) is 23.4 Å². The average molecular weight is 447 g/mol. The number of amides is 1. The Labute approximate surface area is 170 Å². The van der Waals surface area contributed by atoms with E-state index in [9.17, 15) is 18.0 Å². The van der Waals surface area contributed by atoms with Gasteiger partial charge in [0.25, 0.3) is 0 Å². The zero-order chi connectivity index (χ0) is 20.3. The van der Waals surface area contributed by atoms with E-state index < -0.39 is 15.7 Å². The number of H-pyrrole nitrogens is 1. The second kappa shape index (κ2) is 8.68. The highest BCUT2D eigenvalue weighted by Gasteiger charge is 2.20. The van der Waals surface area contributed by atoms with Crippen molar-refractivity contribution >= 4 is 44.8 Å². The molecule has 1 aliphatic rings. The number of thioether (sulfide) groups is 1. The van der Waals surface area contributed by atoms with Gasteiger partial charge in [-0.15, -0.1) is 5.10 Å². The van der Waals surface area contributed by atoms with Crippen molar-refractivity contribution in [1.82, 2.24) is 14.8 Å². The fourth-order valence-electron chi connectivity index (χ4n) is 2.71. The molecule has 1 fully saturated rings. The van der Waals surface area contributed by atoms with Gasteiger partial charge in [0.05, 0.1) is 34.0 Å². The largest absolute Gasteiger partial charge is 0.376 e. The molecule has 2 heterocycles. The van der Waals surface area contributed by atoms with Crippen LogP contribution in [0.5, 0.6) is 0 Å². The maximum absolute atomic E-state index is 12.3. The highest BCUT2D eigenvalue weighted by Crippen LogP contribution is 2.26. The quantitative estimate of drug-likeness (QED) is 0.618. The van der Waals surface area contributed by atoms with Crippen LogP contribution in [-0.4, -0.2) is 53.8 Å². The molecule has 0 bridgehead atoms. The fraction of sp³-hybridized carbons (Fsp3) is 0.438. The lowest BCUT2D eigenvalue weighted by Crippen LogP contribution is -2.25. The van der Waals surface area contributed by atoms with E-state index in [1.54, 1.807) is 0 Å². The Hall–Kier alpha value is -1.82. The van der Waals surface area contributed by atoms with Gasteiger partial charge in [-0.3, -0.25) is 9.36 Å². The van der Waals surface area contributed by atoms with Gasteiger partial charge >= 0.3 is 5.69 Å². The third kappa shape index (κ3) is 5.16. The summed E-state index contributed by atoms with van der Waals surface area (Å²) < 4.78 is 30.3. The van der Waals surface area contributed by atoms with Crippen LogP contribution < -0.4 is 11.0 Å². The molecule has 12 heteroatoms. The van der Waals surface area contributed by atoms with Crippen molar-refractivity contribution in [3.05, 3.63) is 33.7 Å². The molecule has 28 heavy (non-hydrogen) atoms. The number of ether oxygens (including phenoxy) is 1. The van der Waals surface area contributed by atoms with Crippen molar-refractivity contribution in [3.8, 4) is 0 Å². The molecule has 3 rings (SSSR count). The van der Waals surface area contributed by atoms with Gasteiger partial charge in [0.1, 0.15) is 0 Å². The number of aromatic nitrogens is 3. The molecular formula is C16H19ClN4O5S2. The molecule has 1 saturated heterocycles. The molecular weight excluding hydrogens is 428 g/mol. The monoisotopic (exact) mass is 446 g/mol. The van der Waals surface area contributed by atoms with Crippen LogP contribution in [0.15, 0.2) is 33.0 Å². The highest BCUT2D eigenvalue weighted by atomic mass is 35.5. The minimum Gasteiger partial charge on any atom is -0.376 e. The van der Waals surface area contributed by atoms with Gasteiger partial charge in [-0.05, 0) is 31.0 Å². The van der Waals surface area contributed by atoms with E-state index in [2.05, 4.69) is 15.5 Å². The molecule has 2 aromatic rings. The van der Waals surface area contributed by atoms with Crippen LogP contribution in [0.2, 0.25) is 5.02 Å². The van der Waals surface area contributed by atoms with Crippen LogP contribution >= 0.6 is 23.4 Å². The second-order valence-corrected chi connectivity index (χ2v) is 9.67. The number of hydrogen-bond donors (Lipinski definition) is 2. The van der Waals surface area contributed by atoms with Crippen LogP contribution in [0.25, 0.3) is 0 Å². The summed E-state index contributed by atoms with van der Waals surface area (Å²) in [5.74, 6) is -0.438. The minimum atomic E-state index is -3.43. The smallest absolute Gasteiger partial charge is 0.344 e. The zero-order valence-corrected chi connectivity index (χ0v) is 17.4. The number of rotatable bonds is 7. The van der Waals surface area contributed by atoms with E-state index in [-0.39, 0.29) is 33.2 Å². The van der Waals surface area contributed by atoms with Crippen molar-refractivity contribution in [3.63, 3.8) is 0 Å². The molecule has 1 aliphatic heterocycles. The lowest BCUT2D eigenvalue weighted by atomic mass is 10.2. The summed E-state index contributed by atoms with van der Waals surface area (Å²) >= 11 is 7.12. The summed E-state index contributed by atoms with van der Waals surface area (Å²) in [6.45, 7) is 1.05. The molecule has 1 aromatic heterocycles. The second-order valence-electron chi connectivity index (χ2n) is 6.31. The molecule has 9 nitrogen and oxygen atoms in total. The molecule has 0 radical (unpaired) electrons. The van der Waals surface area contributed by atoms with Gasteiger partial charge in [0.2, 0.25) is 5.91 Å². The number of anilines is 1. The van der Waals surface area contributed by atoms with E-state index in [1.807, 2.05) is 0 Å². The van der Waals surface area contributed by atoms with Crippen LogP contribution in [0.1, 0.15) is 12.8 Å². The highest BCUT2D eigenvalue weighted by molar-refractivity contribution is 7.99. The zero-order valence-electron chi connectivity index (χ0n) is 15.0.